The normalized spacial score (nSPS) is 26.8. The minimum absolute atomic E-state index is 0.0713. The summed E-state index contributed by atoms with van der Waals surface area (Å²) in [4.78, 5) is 24.3. The summed E-state index contributed by atoms with van der Waals surface area (Å²) in [5.74, 6) is 0.495. The van der Waals surface area contributed by atoms with Gasteiger partial charge in [0.05, 0.1) is 19.6 Å². The van der Waals surface area contributed by atoms with Gasteiger partial charge in [-0.15, -0.1) is 0 Å². The largest absolute Gasteiger partial charge is 0.497 e. The fraction of sp³-hybridized carbons (Fsp3) is 0.529. The van der Waals surface area contributed by atoms with E-state index in [1.807, 2.05) is 0 Å². The molecule has 6 nitrogen and oxygen atoms in total. The van der Waals surface area contributed by atoms with Crippen LogP contribution < -0.4 is 20.7 Å². The lowest BCUT2D eigenvalue weighted by atomic mass is 9.87. The van der Waals surface area contributed by atoms with Crippen LogP contribution in [0.15, 0.2) is 24.3 Å². The number of rotatable bonds is 4. The van der Waals surface area contributed by atoms with Crippen LogP contribution in [0.5, 0.6) is 5.75 Å². The van der Waals surface area contributed by atoms with Gasteiger partial charge in [-0.1, -0.05) is 12.8 Å². The summed E-state index contributed by atoms with van der Waals surface area (Å²) in [7, 11) is 1.60. The number of amides is 2. The van der Waals surface area contributed by atoms with E-state index >= 15 is 0 Å². The molecule has 6 heteroatoms. The molecule has 3 rings (SSSR count). The zero-order valence-corrected chi connectivity index (χ0v) is 13.3. The Morgan fingerprint density at radius 1 is 1.22 bits per heavy atom. The molecule has 1 aromatic rings. The van der Waals surface area contributed by atoms with Crippen LogP contribution in [-0.4, -0.2) is 37.0 Å². The zero-order valence-electron chi connectivity index (χ0n) is 13.3. The number of ether oxygens (including phenoxy) is 1. The smallest absolute Gasteiger partial charge is 0.237 e. The lowest BCUT2D eigenvalue weighted by molar-refractivity contribution is -0.129. The summed E-state index contributed by atoms with van der Waals surface area (Å²) in [6.07, 6.45) is 4.55. The van der Waals surface area contributed by atoms with E-state index in [0.717, 1.165) is 25.0 Å². The molecule has 3 N–H and O–H groups in total. The molecule has 2 aliphatic rings. The molecule has 23 heavy (non-hydrogen) atoms. The maximum atomic E-state index is 12.2. The van der Waals surface area contributed by atoms with E-state index in [2.05, 4.69) is 16.0 Å². The monoisotopic (exact) mass is 317 g/mol. The maximum absolute atomic E-state index is 12.2. The van der Waals surface area contributed by atoms with Crippen molar-refractivity contribution in [3.63, 3.8) is 0 Å². The van der Waals surface area contributed by atoms with Crippen molar-refractivity contribution in [2.45, 2.75) is 50.2 Å². The molecule has 2 fully saturated rings. The number of methoxy groups -OCH3 is 1. The van der Waals surface area contributed by atoms with Gasteiger partial charge >= 0.3 is 0 Å². The summed E-state index contributed by atoms with van der Waals surface area (Å²) in [5.41, 5.74) is 0.697. The summed E-state index contributed by atoms with van der Waals surface area (Å²) >= 11 is 0. The highest BCUT2D eigenvalue weighted by molar-refractivity contribution is 5.95. The van der Waals surface area contributed by atoms with Crippen LogP contribution in [0.4, 0.5) is 5.69 Å². The Labute approximate surface area is 136 Å². The minimum Gasteiger partial charge on any atom is -0.497 e. The Hall–Kier alpha value is -2.08. The molecule has 0 spiro atoms. The summed E-state index contributed by atoms with van der Waals surface area (Å²) in [6, 6.07) is 7.19. The Kier molecular flexibility index (Phi) is 4.81. The average Bonchev–Trinajstić information content (AvgIpc) is 2.56. The molecule has 1 heterocycles. The van der Waals surface area contributed by atoms with E-state index < -0.39 is 6.04 Å². The first kappa shape index (κ1) is 15.8. The van der Waals surface area contributed by atoms with Gasteiger partial charge in [0.2, 0.25) is 11.8 Å². The number of carbonyl (C=O) groups excluding carboxylic acids is 2. The van der Waals surface area contributed by atoms with Crippen molar-refractivity contribution in [1.29, 1.82) is 0 Å². The van der Waals surface area contributed by atoms with Crippen molar-refractivity contribution in [3.05, 3.63) is 24.3 Å². The number of hydrogen-bond acceptors (Lipinski definition) is 4. The maximum Gasteiger partial charge on any atom is 0.237 e. The van der Waals surface area contributed by atoms with E-state index in [1.165, 1.54) is 6.42 Å². The third-order valence-corrected chi connectivity index (χ3v) is 4.59. The van der Waals surface area contributed by atoms with Crippen LogP contribution >= 0.6 is 0 Å². The van der Waals surface area contributed by atoms with Gasteiger partial charge in [0, 0.05) is 17.8 Å². The van der Waals surface area contributed by atoms with E-state index in [9.17, 15) is 9.59 Å². The quantitative estimate of drug-likeness (QED) is 0.785. The number of fused-ring (bicyclic) bond motifs is 1. The molecule has 2 amide bonds. The first-order chi connectivity index (χ1) is 11.2. The number of anilines is 1. The summed E-state index contributed by atoms with van der Waals surface area (Å²) in [6.45, 7) is 0. The zero-order chi connectivity index (χ0) is 16.2. The molecule has 3 atom stereocenters. The highest BCUT2D eigenvalue weighted by atomic mass is 16.5. The molecule has 1 aromatic carbocycles. The number of piperazine rings is 1. The van der Waals surface area contributed by atoms with Crippen LogP contribution in [0.25, 0.3) is 0 Å². The van der Waals surface area contributed by atoms with Crippen molar-refractivity contribution >= 4 is 17.5 Å². The topological polar surface area (TPSA) is 79.5 Å². The van der Waals surface area contributed by atoms with Crippen molar-refractivity contribution in [2.75, 3.05) is 12.4 Å². The second kappa shape index (κ2) is 7.00. The lowest BCUT2D eigenvalue weighted by Gasteiger charge is -2.40. The molecule has 1 aliphatic heterocycles. The first-order valence-electron chi connectivity index (χ1n) is 8.16. The van der Waals surface area contributed by atoms with E-state index in [-0.39, 0.29) is 24.3 Å². The van der Waals surface area contributed by atoms with Gasteiger partial charge in [0.1, 0.15) is 5.75 Å². The molecule has 0 aromatic heterocycles. The van der Waals surface area contributed by atoms with E-state index in [4.69, 9.17) is 4.74 Å². The predicted octanol–water partition coefficient (Wildman–Crippen LogP) is 1.42. The highest BCUT2D eigenvalue weighted by Gasteiger charge is 2.36. The summed E-state index contributed by atoms with van der Waals surface area (Å²) < 4.78 is 5.08. The summed E-state index contributed by atoms with van der Waals surface area (Å²) in [5, 5.41) is 9.22. The van der Waals surface area contributed by atoms with Crippen LogP contribution in [0.3, 0.4) is 0 Å². The third kappa shape index (κ3) is 3.82. The van der Waals surface area contributed by atoms with Crippen LogP contribution in [-0.2, 0) is 9.59 Å². The molecule has 1 saturated heterocycles. The van der Waals surface area contributed by atoms with E-state index in [1.54, 1.807) is 31.4 Å². The van der Waals surface area contributed by atoms with Crippen LogP contribution in [0.2, 0.25) is 0 Å². The SMILES string of the molecule is COc1ccc(NC(=O)C[C@@H]2N[C@H]3CCCC[C@H]3NC2=O)cc1. The van der Waals surface area contributed by atoms with Gasteiger partial charge in [0.15, 0.2) is 0 Å². The molecule has 0 bridgehead atoms. The van der Waals surface area contributed by atoms with Crippen LogP contribution in [0, 0.1) is 0 Å². The molecule has 0 radical (unpaired) electrons. The van der Waals surface area contributed by atoms with Gasteiger partial charge < -0.3 is 20.7 Å². The van der Waals surface area contributed by atoms with Crippen molar-refractivity contribution in [1.82, 2.24) is 10.6 Å². The van der Waals surface area contributed by atoms with Crippen molar-refractivity contribution < 1.29 is 14.3 Å². The van der Waals surface area contributed by atoms with Crippen LogP contribution in [0.1, 0.15) is 32.1 Å². The van der Waals surface area contributed by atoms with Gasteiger partial charge in [0.25, 0.3) is 0 Å². The molecule has 1 saturated carbocycles. The second-order valence-electron chi connectivity index (χ2n) is 6.21. The highest BCUT2D eigenvalue weighted by Crippen LogP contribution is 2.22. The Morgan fingerprint density at radius 3 is 2.61 bits per heavy atom. The molecular weight excluding hydrogens is 294 g/mol. The van der Waals surface area contributed by atoms with Gasteiger partial charge in [-0.05, 0) is 37.1 Å². The molecular formula is C17H23N3O3. The molecule has 124 valence electrons. The van der Waals surface area contributed by atoms with E-state index in [0.29, 0.717) is 11.7 Å². The lowest BCUT2D eigenvalue weighted by Crippen LogP contribution is -2.65. The molecule has 0 unspecified atom stereocenters. The predicted molar refractivity (Wildman–Crippen MR) is 87.4 cm³/mol. The Balaban J connectivity index is 1.55. The van der Waals surface area contributed by atoms with Gasteiger partial charge in [-0.3, -0.25) is 9.59 Å². The fourth-order valence-electron chi connectivity index (χ4n) is 3.34. The minimum atomic E-state index is -0.451. The standard InChI is InChI=1S/C17H23N3O3/c1-23-12-8-6-11(7-9-12)18-16(21)10-15-17(22)20-14-5-3-2-4-13(14)19-15/h6-9,13-15,19H,2-5,10H2,1H3,(H,18,21)(H,20,22)/t13-,14+,15-/m0/s1. The number of carbonyl (C=O) groups is 2. The third-order valence-electron chi connectivity index (χ3n) is 4.59. The Morgan fingerprint density at radius 2 is 1.91 bits per heavy atom. The van der Waals surface area contributed by atoms with Crippen molar-refractivity contribution in [3.8, 4) is 5.75 Å². The van der Waals surface area contributed by atoms with Crippen molar-refractivity contribution in [2.24, 2.45) is 0 Å². The Bertz CT molecular complexity index is 573. The molecule has 1 aliphatic carbocycles. The number of benzene rings is 1. The number of nitrogens with one attached hydrogen (secondary N) is 3. The second-order valence-corrected chi connectivity index (χ2v) is 6.21. The average molecular weight is 317 g/mol. The van der Waals surface area contributed by atoms with Gasteiger partial charge in [-0.25, -0.2) is 0 Å². The number of hydrogen-bond donors (Lipinski definition) is 3. The van der Waals surface area contributed by atoms with Gasteiger partial charge in [-0.2, -0.15) is 0 Å². The first-order valence-corrected chi connectivity index (χ1v) is 8.16. The fourth-order valence-corrected chi connectivity index (χ4v) is 3.34.